The van der Waals surface area contributed by atoms with Crippen LogP contribution in [-0.2, 0) is 5.92 Å². The van der Waals surface area contributed by atoms with Crippen molar-refractivity contribution in [1.82, 2.24) is 4.98 Å². The Bertz CT molecular complexity index is 434. The van der Waals surface area contributed by atoms with Crippen LogP contribution < -0.4 is 5.73 Å². The lowest BCUT2D eigenvalue weighted by Gasteiger charge is -2.10. The molecule has 0 saturated carbocycles. The molecular formula is C10H10F2N2S. The molecule has 15 heavy (non-hydrogen) atoms. The minimum Gasteiger partial charge on any atom is -0.330 e. The Morgan fingerprint density at radius 1 is 1.33 bits per heavy atom. The van der Waals surface area contributed by atoms with Crippen LogP contribution in [-0.4, -0.2) is 11.5 Å². The molecule has 0 spiro atoms. The molecule has 0 unspecified atom stereocenters. The summed E-state index contributed by atoms with van der Waals surface area (Å²) in [7, 11) is 0. The van der Waals surface area contributed by atoms with Gasteiger partial charge in [0.1, 0.15) is 0 Å². The highest BCUT2D eigenvalue weighted by molar-refractivity contribution is 7.18. The number of alkyl halides is 2. The van der Waals surface area contributed by atoms with E-state index < -0.39 is 5.92 Å². The highest BCUT2D eigenvalue weighted by Gasteiger charge is 2.34. The van der Waals surface area contributed by atoms with Crippen molar-refractivity contribution in [2.75, 3.05) is 6.54 Å². The number of hydrogen-bond acceptors (Lipinski definition) is 3. The van der Waals surface area contributed by atoms with E-state index in [1.54, 1.807) is 18.2 Å². The number of benzene rings is 1. The van der Waals surface area contributed by atoms with Crippen molar-refractivity contribution in [2.45, 2.75) is 12.3 Å². The topological polar surface area (TPSA) is 38.9 Å². The molecule has 1 heterocycles. The van der Waals surface area contributed by atoms with Gasteiger partial charge in [-0.3, -0.25) is 0 Å². The summed E-state index contributed by atoms with van der Waals surface area (Å²) in [5.74, 6) is -2.90. The molecule has 2 rings (SSSR count). The minimum atomic E-state index is -2.90. The van der Waals surface area contributed by atoms with Gasteiger partial charge < -0.3 is 5.73 Å². The number of halogens is 2. The molecule has 5 heteroatoms. The first kappa shape index (κ1) is 10.4. The molecule has 2 nitrogen and oxygen atoms in total. The van der Waals surface area contributed by atoms with E-state index in [1.165, 1.54) is 0 Å². The smallest absolute Gasteiger partial charge is 0.300 e. The average Bonchev–Trinajstić information content (AvgIpc) is 2.61. The Morgan fingerprint density at radius 2 is 2.07 bits per heavy atom. The van der Waals surface area contributed by atoms with Gasteiger partial charge in [0.2, 0.25) is 0 Å². The monoisotopic (exact) mass is 228 g/mol. The molecule has 0 fully saturated rings. The summed E-state index contributed by atoms with van der Waals surface area (Å²) in [5, 5.41) is -0.144. The van der Waals surface area contributed by atoms with Gasteiger partial charge >= 0.3 is 0 Å². The number of nitrogens with two attached hydrogens (primary N) is 1. The molecule has 0 amide bonds. The van der Waals surface area contributed by atoms with Crippen LogP contribution in [0.15, 0.2) is 24.3 Å². The highest BCUT2D eigenvalue weighted by atomic mass is 32.1. The Balaban J connectivity index is 2.44. The molecule has 80 valence electrons. The summed E-state index contributed by atoms with van der Waals surface area (Å²) in [4.78, 5) is 3.92. The van der Waals surface area contributed by atoms with Gasteiger partial charge in [-0.1, -0.05) is 12.1 Å². The van der Waals surface area contributed by atoms with Crippen molar-refractivity contribution in [2.24, 2.45) is 5.73 Å². The minimum absolute atomic E-state index is 0.0388. The largest absolute Gasteiger partial charge is 0.330 e. The van der Waals surface area contributed by atoms with Gasteiger partial charge in [0, 0.05) is 6.42 Å². The van der Waals surface area contributed by atoms with Crippen LogP contribution >= 0.6 is 11.3 Å². The molecule has 0 bridgehead atoms. The maximum absolute atomic E-state index is 13.5. The van der Waals surface area contributed by atoms with Gasteiger partial charge in [-0.2, -0.15) is 8.78 Å². The van der Waals surface area contributed by atoms with Crippen molar-refractivity contribution in [3.8, 4) is 0 Å². The van der Waals surface area contributed by atoms with Gasteiger partial charge in [-0.25, -0.2) is 4.98 Å². The predicted molar refractivity (Wildman–Crippen MR) is 57.2 cm³/mol. The average molecular weight is 228 g/mol. The summed E-state index contributed by atoms with van der Waals surface area (Å²) in [5.41, 5.74) is 5.76. The first-order valence-corrected chi connectivity index (χ1v) is 5.39. The fourth-order valence-corrected chi connectivity index (χ4v) is 2.29. The van der Waals surface area contributed by atoms with Gasteiger partial charge in [0.15, 0.2) is 5.01 Å². The maximum Gasteiger partial charge on any atom is 0.300 e. The van der Waals surface area contributed by atoms with Gasteiger partial charge in [0.05, 0.1) is 10.2 Å². The van der Waals surface area contributed by atoms with E-state index in [9.17, 15) is 8.78 Å². The second-order valence-corrected chi connectivity index (χ2v) is 4.26. The molecular weight excluding hydrogens is 218 g/mol. The van der Waals surface area contributed by atoms with Crippen molar-refractivity contribution in [3.05, 3.63) is 29.3 Å². The van der Waals surface area contributed by atoms with Crippen molar-refractivity contribution < 1.29 is 8.78 Å². The summed E-state index contributed by atoms with van der Waals surface area (Å²) in [6, 6.07) is 7.11. The lowest BCUT2D eigenvalue weighted by molar-refractivity contribution is -0.0107. The Labute approximate surface area is 89.7 Å². The fraction of sp³-hybridized carbons (Fsp3) is 0.300. The second-order valence-electron chi connectivity index (χ2n) is 3.23. The third-order valence-electron chi connectivity index (χ3n) is 2.07. The molecule has 0 saturated heterocycles. The number of rotatable bonds is 3. The first-order chi connectivity index (χ1) is 7.13. The summed E-state index contributed by atoms with van der Waals surface area (Å²) >= 11 is 1.03. The quantitative estimate of drug-likeness (QED) is 0.877. The van der Waals surface area contributed by atoms with E-state index in [0.717, 1.165) is 16.0 Å². The van der Waals surface area contributed by atoms with Gasteiger partial charge in [-0.05, 0) is 18.7 Å². The molecule has 0 atom stereocenters. The standard InChI is InChI=1S/C10H10F2N2S/c11-10(12,5-6-13)9-14-7-3-1-2-4-8(7)15-9/h1-4H,5-6,13H2. The SMILES string of the molecule is NCCC(F)(F)c1nc2ccccc2s1. The lowest BCUT2D eigenvalue weighted by atomic mass is 10.2. The lowest BCUT2D eigenvalue weighted by Crippen LogP contribution is -2.18. The zero-order valence-electron chi connectivity index (χ0n) is 7.91. The van der Waals surface area contributed by atoms with E-state index in [0.29, 0.717) is 5.52 Å². The molecule has 0 aliphatic rings. The van der Waals surface area contributed by atoms with E-state index in [1.807, 2.05) is 6.07 Å². The Morgan fingerprint density at radius 3 is 2.73 bits per heavy atom. The first-order valence-electron chi connectivity index (χ1n) is 4.57. The molecule has 0 aliphatic heterocycles. The Kier molecular flexibility index (Phi) is 2.67. The molecule has 0 radical (unpaired) electrons. The molecule has 1 aromatic heterocycles. The van der Waals surface area contributed by atoms with Crippen LogP contribution in [0.1, 0.15) is 11.4 Å². The summed E-state index contributed by atoms with van der Waals surface area (Å²) in [6.45, 7) is -0.0388. The number of nitrogens with zero attached hydrogens (tertiary/aromatic N) is 1. The van der Waals surface area contributed by atoms with Crippen molar-refractivity contribution in [1.29, 1.82) is 0 Å². The molecule has 2 aromatic rings. The highest BCUT2D eigenvalue weighted by Crippen LogP contribution is 2.36. The number of hydrogen-bond donors (Lipinski definition) is 1. The van der Waals surface area contributed by atoms with E-state index in [-0.39, 0.29) is 18.0 Å². The third kappa shape index (κ3) is 1.98. The van der Waals surface area contributed by atoms with Crippen LogP contribution in [0.5, 0.6) is 0 Å². The van der Waals surface area contributed by atoms with Crippen LogP contribution in [0, 0.1) is 0 Å². The van der Waals surface area contributed by atoms with Crippen LogP contribution in [0.4, 0.5) is 8.78 Å². The van der Waals surface area contributed by atoms with E-state index in [2.05, 4.69) is 4.98 Å². The van der Waals surface area contributed by atoms with Crippen molar-refractivity contribution in [3.63, 3.8) is 0 Å². The molecule has 1 aromatic carbocycles. The number of para-hydroxylation sites is 1. The van der Waals surface area contributed by atoms with Crippen LogP contribution in [0.25, 0.3) is 10.2 Å². The number of fused-ring (bicyclic) bond motifs is 1. The van der Waals surface area contributed by atoms with Gasteiger partial charge in [-0.15, -0.1) is 11.3 Å². The van der Waals surface area contributed by atoms with E-state index >= 15 is 0 Å². The van der Waals surface area contributed by atoms with Gasteiger partial charge in [0.25, 0.3) is 5.92 Å². The maximum atomic E-state index is 13.5. The molecule has 2 N–H and O–H groups in total. The predicted octanol–water partition coefficient (Wildman–Crippen LogP) is 2.74. The number of aromatic nitrogens is 1. The van der Waals surface area contributed by atoms with Crippen LogP contribution in [0.3, 0.4) is 0 Å². The van der Waals surface area contributed by atoms with Crippen molar-refractivity contribution >= 4 is 21.6 Å². The zero-order valence-corrected chi connectivity index (χ0v) is 8.73. The third-order valence-corrected chi connectivity index (χ3v) is 3.21. The zero-order chi connectivity index (χ0) is 10.9. The Hall–Kier alpha value is -1.07. The second kappa shape index (κ2) is 3.83. The summed E-state index contributed by atoms with van der Waals surface area (Å²) in [6.07, 6.45) is -0.354. The number of thiazole rings is 1. The van der Waals surface area contributed by atoms with Crippen LogP contribution in [0.2, 0.25) is 0 Å². The summed E-state index contributed by atoms with van der Waals surface area (Å²) < 4.78 is 27.7. The molecule has 0 aliphatic carbocycles. The fourth-order valence-electron chi connectivity index (χ4n) is 1.32. The normalized spacial score (nSPS) is 12.2. The van der Waals surface area contributed by atoms with E-state index in [4.69, 9.17) is 5.73 Å².